The molecule has 1 aromatic rings. The molecule has 4 atom stereocenters. The summed E-state index contributed by atoms with van der Waals surface area (Å²) in [5.41, 5.74) is 0.290. The highest BCUT2D eigenvalue weighted by Gasteiger charge is 2.55. The molecule has 0 bridgehead atoms. The van der Waals surface area contributed by atoms with Gasteiger partial charge in [-0.2, -0.15) is 0 Å². The Kier molecular flexibility index (Phi) is 6.72. The van der Waals surface area contributed by atoms with Gasteiger partial charge in [0, 0.05) is 13.6 Å². The molecular formula is C21H25Cl2N3O4. The quantitative estimate of drug-likeness (QED) is 0.693. The molecule has 1 heterocycles. The van der Waals surface area contributed by atoms with Gasteiger partial charge in [-0.25, -0.2) is 0 Å². The smallest absolute Gasteiger partial charge is 0.244 e. The molecule has 7 nitrogen and oxygen atoms in total. The second kappa shape index (κ2) is 8.94. The van der Waals surface area contributed by atoms with E-state index in [2.05, 4.69) is 5.32 Å². The lowest BCUT2D eigenvalue weighted by molar-refractivity contribution is -0.148. The second-order valence-electron chi connectivity index (χ2n) is 7.95. The van der Waals surface area contributed by atoms with Crippen LogP contribution in [-0.2, 0) is 19.2 Å². The molecule has 30 heavy (non-hydrogen) atoms. The highest BCUT2D eigenvalue weighted by Crippen LogP contribution is 2.45. The van der Waals surface area contributed by atoms with E-state index in [1.807, 2.05) is 6.92 Å². The van der Waals surface area contributed by atoms with E-state index in [9.17, 15) is 19.2 Å². The summed E-state index contributed by atoms with van der Waals surface area (Å²) in [6, 6.07) is 4.88. The summed E-state index contributed by atoms with van der Waals surface area (Å²) >= 11 is 12.2. The fourth-order valence-electron chi connectivity index (χ4n) is 4.51. The van der Waals surface area contributed by atoms with Crippen LogP contribution in [0, 0.1) is 23.7 Å². The molecule has 1 aliphatic carbocycles. The van der Waals surface area contributed by atoms with Crippen molar-refractivity contribution in [1.29, 1.82) is 0 Å². The highest BCUT2D eigenvalue weighted by molar-refractivity contribution is 6.39. The monoisotopic (exact) mass is 453 g/mol. The first-order valence-corrected chi connectivity index (χ1v) is 10.8. The third kappa shape index (κ3) is 4.05. The summed E-state index contributed by atoms with van der Waals surface area (Å²) in [4.78, 5) is 53.6. The summed E-state index contributed by atoms with van der Waals surface area (Å²) in [6.45, 7) is 3.79. The van der Waals surface area contributed by atoms with Crippen LogP contribution >= 0.6 is 23.2 Å². The minimum Gasteiger partial charge on any atom is -0.333 e. The van der Waals surface area contributed by atoms with Crippen molar-refractivity contribution in [3.8, 4) is 0 Å². The molecule has 9 heteroatoms. The average molecular weight is 454 g/mol. The number of nitrogens with zero attached hydrogens (tertiary/aromatic N) is 2. The van der Waals surface area contributed by atoms with E-state index in [1.54, 1.807) is 25.1 Å². The number of likely N-dealkylation sites (N-methyl/N-ethyl adjacent to an activating group) is 1. The van der Waals surface area contributed by atoms with Crippen molar-refractivity contribution in [3.63, 3.8) is 0 Å². The Labute approximate surface area is 185 Å². The van der Waals surface area contributed by atoms with Crippen LogP contribution < -0.4 is 5.32 Å². The highest BCUT2D eigenvalue weighted by atomic mass is 35.5. The number of para-hydroxylation sites is 1. The minimum atomic E-state index is -0.658. The Balaban J connectivity index is 1.77. The Morgan fingerprint density at radius 1 is 1.17 bits per heavy atom. The lowest BCUT2D eigenvalue weighted by Crippen LogP contribution is -2.49. The Hall–Kier alpha value is -2.12. The molecule has 0 radical (unpaired) electrons. The maximum atomic E-state index is 13.4. The molecule has 0 unspecified atom stereocenters. The van der Waals surface area contributed by atoms with Crippen LogP contribution in [0.2, 0.25) is 10.0 Å². The van der Waals surface area contributed by atoms with E-state index in [0.717, 1.165) is 4.90 Å². The molecule has 3 rings (SSSR count). The van der Waals surface area contributed by atoms with E-state index in [0.29, 0.717) is 35.1 Å². The number of hydrogen-bond donors (Lipinski definition) is 1. The van der Waals surface area contributed by atoms with Crippen LogP contribution in [0.4, 0.5) is 5.69 Å². The van der Waals surface area contributed by atoms with Gasteiger partial charge in [-0.15, -0.1) is 0 Å². The van der Waals surface area contributed by atoms with Gasteiger partial charge in [-0.05, 0) is 37.8 Å². The van der Waals surface area contributed by atoms with Crippen molar-refractivity contribution >= 4 is 52.5 Å². The number of amides is 4. The van der Waals surface area contributed by atoms with Crippen LogP contribution in [-0.4, -0.2) is 53.6 Å². The van der Waals surface area contributed by atoms with Crippen molar-refractivity contribution < 1.29 is 19.2 Å². The summed E-state index contributed by atoms with van der Waals surface area (Å²) in [7, 11) is 1.47. The maximum absolute atomic E-state index is 13.4. The lowest BCUT2D eigenvalue weighted by Gasteiger charge is -2.37. The molecule has 1 saturated carbocycles. The Morgan fingerprint density at radius 3 is 2.40 bits per heavy atom. The second-order valence-corrected chi connectivity index (χ2v) is 8.76. The SMILES string of the molecule is CCN(CC(=O)Nc1c(Cl)cccc1Cl)C(=O)[C@H]1[C@@H]2C(=O)N(C)C(=O)[C@@H]2CC[C@H]1C. The number of anilines is 1. The van der Waals surface area contributed by atoms with Gasteiger partial charge >= 0.3 is 0 Å². The fraction of sp³-hybridized carbons (Fsp3) is 0.524. The maximum Gasteiger partial charge on any atom is 0.244 e. The molecule has 2 fully saturated rings. The summed E-state index contributed by atoms with van der Waals surface area (Å²) in [6.07, 6.45) is 1.28. The first-order valence-electron chi connectivity index (χ1n) is 10.0. The molecule has 1 N–H and O–H groups in total. The third-order valence-electron chi connectivity index (χ3n) is 6.17. The number of nitrogens with one attached hydrogen (secondary N) is 1. The molecule has 1 aliphatic heterocycles. The first kappa shape index (κ1) is 22.6. The number of carbonyl (C=O) groups excluding carboxylic acids is 4. The summed E-state index contributed by atoms with van der Waals surface area (Å²) in [5.74, 6) is -3.04. The summed E-state index contributed by atoms with van der Waals surface area (Å²) in [5, 5.41) is 3.25. The van der Waals surface area contributed by atoms with Crippen molar-refractivity contribution in [2.75, 3.05) is 25.5 Å². The number of hydrogen-bond acceptors (Lipinski definition) is 4. The van der Waals surface area contributed by atoms with Crippen LogP contribution in [0.5, 0.6) is 0 Å². The van der Waals surface area contributed by atoms with Gasteiger partial charge in [0.2, 0.25) is 23.6 Å². The summed E-state index contributed by atoms with van der Waals surface area (Å²) < 4.78 is 0. The zero-order valence-electron chi connectivity index (χ0n) is 17.2. The van der Waals surface area contributed by atoms with Gasteiger partial charge in [-0.1, -0.05) is 36.2 Å². The van der Waals surface area contributed by atoms with E-state index in [4.69, 9.17) is 23.2 Å². The molecule has 0 aromatic heterocycles. The van der Waals surface area contributed by atoms with Gasteiger partial charge < -0.3 is 10.2 Å². The van der Waals surface area contributed by atoms with Gasteiger partial charge in [-0.3, -0.25) is 24.1 Å². The van der Waals surface area contributed by atoms with Crippen molar-refractivity contribution in [2.24, 2.45) is 23.7 Å². The molecule has 2 aliphatic rings. The number of halogens is 2. The molecule has 4 amide bonds. The van der Waals surface area contributed by atoms with Crippen molar-refractivity contribution in [1.82, 2.24) is 9.80 Å². The molecule has 1 aromatic carbocycles. The van der Waals surface area contributed by atoms with E-state index >= 15 is 0 Å². The van der Waals surface area contributed by atoms with Crippen molar-refractivity contribution in [2.45, 2.75) is 26.7 Å². The van der Waals surface area contributed by atoms with Crippen molar-refractivity contribution in [3.05, 3.63) is 28.2 Å². The average Bonchev–Trinajstić information content (AvgIpc) is 2.92. The normalized spacial score (nSPS) is 25.8. The van der Waals surface area contributed by atoms with E-state index in [-0.39, 0.29) is 30.2 Å². The topological polar surface area (TPSA) is 86.8 Å². The lowest BCUT2D eigenvalue weighted by atomic mass is 9.67. The first-order chi connectivity index (χ1) is 14.2. The molecular weight excluding hydrogens is 429 g/mol. The third-order valence-corrected chi connectivity index (χ3v) is 6.80. The van der Waals surface area contributed by atoms with Crippen LogP contribution in [0.25, 0.3) is 0 Å². The molecule has 0 spiro atoms. The number of likely N-dealkylation sites (tertiary alicyclic amines) is 1. The standard InChI is InChI=1S/C21H25Cl2N3O4/c1-4-26(10-15(27)24-18-13(22)6-5-7-14(18)23)21(30)16-11(2)8-9-12-17(16)20(29)25(3)19(12)28/h5-7,11-12,16-17H,4,8-10H2,1-3H3,(H,24,27)/t11-,12-,16-,17-/m1/s1. The van der Waals surface area contributed by atoms with Crippen LogP contribution in [0.3, 0.4) is 0 Å². The number of benzene rings is 1. The zero-order valence-corrected chi connectivity index (χ0v) is 18.7. The number of imide groups is 1. The van der Waals surface area contributed by atoms with Crippen LogP contribution in [0.15, 0.2) is 18.2 Å². The predicted molar refractivity (Wildman–Crippen MR) is 114 cm³/mol. The van der Waals surface area contributed by atoms with E-state index < -0.39 is 23.7 Å². The Bertz CT molecular complexity index is 871. The Morgan fingerprint density at radius 2 is 1.80 bits per heavy atom. The number of fused-ring (bicyclic) bond motifs is 1. The van der Waals surface area contributed by atoms with Gasteiger partial charge in [0.25, 0.3) is 0 Å². The van der Waals surface area contributed by atoms with Gasteiger partial charge in [0.15, 0.2) is 0 Å². The number of carbonyl (C=O) groups is 4. The fourth-order valence-corrected chi connectivity index (χ4v) is 5.00. The van der Waals surface area contributed by atoms with Crippen LogP contribution in [0.1, 0.15) is 26.7 Å². The number of rotatable bonds is 5. The zero-order chi connectivity index (χ0) is 22.2. The minimum absolute atomic E-state index is 0.0582. The largest absolute Gasteiger partial charge is 0.333 e. The predicted octanol–water partition coefficient (Wildman–Crippen LogP) is 3.06. The van der Waals surface area contributed by atoms with Gasteiger partial charge in [0.1, 0.15) is 0 Å². The van der Waals surface area contributed by atoms with E-state index in [1.165, 1.54) is 11.9 Å². The van der Waals surface area contributed by atoms with Gasteiger partial charge in [0.05, 0.1) is 40.0 Å². The molecule has 1 saturated heterocycles. The molecule has 162 valence electrons.